The molecule has 1 aliphatic heterocycles. The van der Waals surface area contributed by atoms with Crippen LogP contribution < -0.4 is 10.5 Å². The quantitative estimate of drug-likeness (QED) is 0.921. The zero-order chi connectivity index (χ0) is 12.4. The van der Waals surface area contributed by atoms with Crippen LogP contribution in [0.2, 0.25) is 0 Å². The third-order valence-corrected chi connectivity index (χ3v) is 4.00. The SMILES string of the molecule is Nc1cc(-c2ccc(OC3CCSC3)cc2)no1. The van der Waals surface area contributed by atoms with Crippen molar-refractivity contribution < 1.29 is 9.26 Å². The molecule has 1 saturated heterocycles. The first-order valence-electron chi connectivity index (χ1n) is 5.88. The van der Waals surface area contributed by atoms with Crippen molar-refractivity contribution in [2.45, 2.75) is 12.5 Å². The Labute approximate surface area is 109 Å². The first-order valence-corrected chi connectivity index (χ1v) is 7.04. The smallest absolute Gasteiger partial charge is 0.222 e. The zero-order valence-electron chi connectivity index (χ0n) is 9.83. The Hall–Kier alpha value is -1.62. The van der Waals surface area contributed by atoms with E-state index >= 15 is 0 Å². The lowest BCUT2D eigenvalue weighted by atomic mass is 10.1. The number of rotatable bonds is 3. The number of thioether (sulfide) groups is 1. The molecule has 5 heteroatoms. The number of hydrogen-bond donors (Lipinski definition) is 1. The minimum Gasteiger partial charge on any atom is -0.490 e. The van der Waals surface area contributed by atoms with Gasteiger partial charge in [0.1, 0.15) is 17.5 Å². The highest BCUT2D eigenvalue weighted by atomic mass is 32.2. The molecule has 3 rings (SSSR count). The number of aromatic nitrogens is 1. The molecule has 94 valence electrons. The van der Waals surface area contributed by atoms with E-state index in [-0.39, 0.29) is 0 Å². The Morgan fingerprint density at radius 1 is 1.33 bits per heavy atom. The van der Waals surface area contributed by atoms with Crippen molar-refractivity contribution in [3.05, 3.63) is 30.3 Å². The van der Waals surface area contributed by atoms with E-state index < -0.39 is 0 Å². The monoisotopic (exact) mass is 262 g/mol. The zero-order valence-corrected chi connectivity index (χ0v) is 10.7. The number of nitrogen functional groups attached to an aromatic ring is 1. The van der Waals surface area contributed by atoms with E-state index in [0.717, 1.165) is 29.2 Å². The summed E-state index contributed by atoms with van der Waals surface area (Å²) in [5, 5.41) is 3.87. The van der Waals surface area contributed by atoms with Gasteiger partial charge in [-0.1, -0.05) is 5.16 Å². The fraction of sp³-hybridized carbons (Fsp3) is 0.308. The topological polar surface area (TPSA) is 61.3 Å². The fourth-order valence-corrected chi connectivity index (χ4v) is 3.02. The number of ether oxygens (including phenoxy) is 1. The van der Waals surface area contributed by atoms with E-state index in [1.165, 1.54) is 5.75 Å². The molecule has 1 aromatic carbocycles. The molecule has 2 heterocycles. The summed E-state index contributed by atoms with van der Waals surface area (Å²) in [5.74, 6) is 3.51. The van der Waals surface area contributed by atoms with E-state index in [4.69, 9.17) is 15.0 Å². The predicted octanol–water partition coefficient (Wildman–Crippen LogP) is 2.81. The lowest BCUT2D eigenvalue weighted by Gasteiger charge is -2.12. The van der Waals surface area contributed by atoms with Gasteiger partial charge in [0.05, 0.1) is 0 Å². The van der Waals surface area contributed by atoms with Crippen LogP contribution in [0.4, 0.5) is 5.88 Å². The van der Waals surface area contributed by atoms with Crippen LogP contribution in [0.1, 0.15) is 6.42 Å². The summed E-state index contributed by atoms with van der Waals surface area (Å²) in [7, 11) is 0. The van der Waals surface area contributed by atoms with Crippen molar-refractivity contribution >= 4 is 17.6 Å². The summed E-state index contributed by atoms with van der Waals surface area (Å²) >= 11 is 1.94. The first kappa shape index (κ1) is 11.5. The minimum atomic E-state index is 0.327. The van der Waals surface area contributed by atoms with Gasteiger partial charge in [-0.15, -0.1) is 0 Å². The third-order valence-electron chi connectivity index (χ3n) is 2.87. The Morgan fingerprint density at radius 2 is 2.17 bits per heavy atom. The van der Waals surface area contributed by atoms with Crippen molar-refractivity contribution in [2.75, 3.05) is 17.2 Å². The second-order valence-corrected chi connectivity index (χ2v) is 5.39. The van der Waals surface area contributed by atoms with Gasteiger partial charge < -0.3 is 15.0 Å². The highest BCUT2D eigenvalue weighted by Crippen LogP contribution is 2.26. The highest BCUT2D eigenvalue weighted by molar-refractivity contribution is 7.99. The summed E-state index contributed by atoms with van der Waals surface area (Å²) in [6.45, 7) is 0. The molecule has 1 atom stereocenters. The van der Waals surface area contributed by atoms with Gasteiger partial charge in [0.2, 0.25) is 5.88 Å². The number of anilines is 1. The summed E-state index contributed by atoms with van der Waals surface area (Å²) < 4.78 is 10.7. The largest absolute Gasteiger partial charge is 0.490 e. The molecule has 1 aromatic heterocycles. The Morgan fingerprint density at radius 3 is 2.78 bits per heavy atom. The van der Waals surface area contributed by atoms with Gasteiger partial charge in [-0.2, -0.15) is 11.8 Å². The maximum Gasteiger partial charge on any atom is 0.222 e. The average molecular weight is 262 g/mol. The standard InChI is InChI=1S/C13H14N2O2S/c14-13-7-12(15-17-13)9-1-3-10(4-2-9)16-11-5-6-18-8-11/h1-4,7,11H,5-6,8,14H2. The fourth-order valence-electron chi connectivity index (χ4n) is 1.93. The number of nitrogens with zero attached hydrogens (tertiary/aromatic N) is 1. The lowest BCUT2D eigenvalue weighted by Crippen LogP contribution is -2.14. The van der Waals surface area contributed by atoms with Crippen LogP contribution in [0.3, 0.4) is 0 Å². The molecule has 1 aliphatic rings. The van der Waals surface area contributed by atoms with Gasteiger partial charge in [0, 0.05) is 17.4 Å². The van der Waals surface area contributed by atoms with Crippen molar-refractivity contribution in [1.82, 2.24) is 5.16 Å². The Kier molecular flexibility index (Phi) is 3.15. The Balaban J connectivity index is 1.72. The lowest BCUT2D eigenvalue weighted by molar-refractivity contribution is 0.229. The molecule has 0 bridgehead atoms. The molecule has 0 spiro atoms. The average Bonchev–Trinajstić information content (AvgIpc) is 3.02. The highest BCUT2D eigenvalue weighted by Gasteiger charge is 2.16. The van der Waals surface area contributed by atoms with E-state index in [1.54, 1.807) is 6.07 Å². The molecule has 1 fully saturated rings. The minimum absolute atomic E-state index is 0.327. The molecule has 0 amide bonds. The van der Waals surface area contributed by atoms with Crippen LogP contribution in [-0.2, 0) is 0 Å². The maximum absolute atomic E-state index is 5.88. The van der Waals surface area contributed by atoms with Gasteiger partial charge >= 0.3 is 0 Å². The van der Waals surface area contributed by atoms with Crippen molar-refractivity contribution in [1.29, 1.82) is 0 Å². The third kappa shape index (κ3) is 2.46. The second-order valence-electron chi connectivity index (χ2n) is 4.24. The summed E-state index contributed by atoms with van der Waals surface area (Å²) in [4.78, 5) is 0. The summed E-state index contributed by atoms with van der Waals surface area (Å²) in [6, 6.07) is 9.57. The number of hydrogen-bond acceptors (Lipinski definition) is 5. The van der Waals surface area contributed by atoms with Gasteiger partial charge in [-0.3, -0.25) is 0 Å². The number of benzene rings is 1. The van der Waals surface area contributed by atoms with Crippen molar-refractivity contribution in [3.63, 3.8) is 0 Å². The molecular weight excluding hydrogens is 248 g/mol. The van der Waals surface area contributed by atoms with Crippen LogP contribution in [0.5, 0.6) is 5.75 Å². The van der Waals surface area contributed by atoms with Crippen LogP contribution >= 0.6 is 11.8 Å². The molecule has 2 N–H and O–H groups in total. The second kappa shape index (κ2) is 4.94. The predicted molar refractivity (Wildman–Crippen MR) is 72.7 cm³/mol. The molecule has 1 unspecified atom stereocenters. The molecule has 4 nitrogen and oxygen atoms in total. The molecule has 0 aliphatic carbocycles. The first-order chi connectivity index (χ1) is 8.81. The molecular formula is C13H14N2O2S. The van der Waals surface area contributed by atoms with Gasteiger partial charge in [-0.25, -0.2) is 0 Å². The van der Waals surface area contributed by atoms with E-state index in [2.05, 4.69) is 5.16 Å². The van der Waals surface area contributed by atoms with Crippen molar-refractivity contribution in [3.8, 4) is 17.0 Å². The van der Waals surface area contributed by atoms with Gasteiger partial charge in [-0.05, 0) is 36.4 Å². The van der Waals surface area contributed by atoms with Crippen molar-refractivity contribution in [2.24, 2.45) is 0 Å². The van der Waals surface area contributed by atoms with Crippen LogP contribution in [-0.4, -0.2) is 22.8 Å². The molecule has 0 saturated carbocycles. The molecule has 2 aromatic rings. The van der Waals surface area contributed by atoms with E-state index in [0.29, 0.717) is 12.0 Å². The van der Waals surface area contributed by atoms with Crippen LogP contribution in [0, 0.1) is 0 Å². The van der Waals surface area contributed by atoms with Crippen LogP contribution in [0.15, 0.2) is 34.9 Å². The Bertz CT molecular complexity index is 518. The molecule has 0 radical (unpaired) electrons. The van der Waals surface area contributed by atoms with Crippen LogP contribution in [0.25, 0.3) is 11.3 Å². The normalized spacial score (nSPS) is 19.0. The van der Waals surface area contributed by atoms with Gasteiger partial charge in [0.15, 0.2) is 0 Å². The summed E-state index contributed by atoms with van der Waals surface area (Å²) in [6.07, 6.45) is 1.48. The van der Waals surface area contributed by atoms with E-state index in [1.807, 2.05) is 36.0 Å². The summed E-state index contributed by atoms with van der Waals surface area (Å²) in [5.41, 5.74) is 7.22. The number of nitrogens with two attached hydrogens (primary N) is 1. The maximum atomic E-state index is 5.88. The molecule has 18 heavy (non-hydrogen) atoms. The van der Waals surface area contributed by atoms with Gasteiger partial charge in [0.25, 0.3) is 0 Å². The van der Waals surface area contributed by atoms with E-state index in [9.17, 15) is 0 Å².